The number of aromatic nitrogens is 2. The van der Waals surface area contributed by atoms with Crippen molar-refractivity contribution in [2.45, 2.75) is 57.6 Å². The lowest BCUT2D eigenvalue weighted by Crippen LogP contribution is -2.23. The highest BCUT2D eigenvalue weighted by Gasteiger charge is 2.18. The van der Waals surface area contributed by atoms with E-state index in [1.165, 1.54) is 0 Å². The molecule has 0 bridgehead atoms. The van der Waals surface area contributed by atoms with Crippen molar-refractivity contribution in [3.63, 3.8) is 0 Å². The first-order chi connectivity index (χ1) is 15.1. The molecule has 3 rings (SSSR count). The Bertz CT molecular complexity index is 1160. The van der Waals surface area contributed by atoms with E-state index in [1.54, 1.807) is 36.4 Å². The topological polar surface area (TPSA) is 111 Å². The van der Waals surface area contributed by atoms with Crippen LogP contribution in [0.15, 0.2) is 57.9 Å². The van der Waals surface area contributed by atoms with Crippen LogP contribution < -0.4 is 4.72 Å². The van der Waals surface area contributed by atoms with Crippen LogP contribution in [0.2, 0.25) is 0 Å². The molecule has 8 nitrogen and oxygen atoms in total. The summed E-state index contributed by atoms with van der Waals surface area (Å²) in [6.07, 6.45) is 0.630. The van der Waals surface area contributed by atoms with E-state index >= 15 is 0 Å². The van der Waals surface area contributed by atoms with E-state index in [0.717, 1.165) is 5.56 Å². The van der Waals surface area contributed by atoms with Gasteiger partial charge in [0.1, 0.15) is 0 Å². The van der Waals surface area contributed by atoms with Crippen molar-refractivity contribution in [3.05, 3.63) is 76.9 Å². The minimum absolute atomic E-state index is 0.0532. The Morgan fingerprint density at radius 2 is 1.72 bits per heavy atom. The molecule has 1 N–H and O–H groups in total. The maximum absolute atomic E-state index is 12.6. The molecule has 1 aromatic heterocycles. The maximum Gasteiger partial charge on any atom is 0.338 e. The third-order valence-corrected chi connectivity index (χ3v) is 6.26. The molecule has 0 saturated carbocycles. The normalized spacial score (nSPS) is 12.0. The molecule has 0 fully saturated rings. The van der Waals surface area contributed by atoms with Gasteiger partial charge in [-0.3, -0.25) is 0 Å². The van der Waals surface area contributed by atoms with Crippen molar-refractivity contribution in [3.8, 4) is 0 Å². The van der Waals surface area contributed by atoms with E-state index in [0.29, 0.717) is 23.4 Å². The summed E-state index contributed by atoms with van der Waals surface area (Å²) >= 11 is 0. The van der Waals surface area contributed by atoms with Gasteiger partial charge in [0.15, 0.2) is 12.4 Å². The number of carbonyl (C=O) groups is 1. The fraction of sp³-hybridized carbons (Fsp3) is 0.348. The smallest absolute Gasteiger partial charge is 0.338 e. The summed E-state index contributed by atoms with van der Waals surface area (Å²) in [6, 6.07) is 13.4. The van der Waals surface area contributed by atoms with Crippen LogP contribution in [-0.2, 0) is 39.7 Å². The molecule has 0 unspecified atom stereocenters. The van der Waals surface area contributed by atoms with Gasteiger partial charge < -0.3 is 9.26 Å². The van der Waals surface area contributed by atoms with Gasteiger partial charge in [-0.2, -0.15) is 4.98 Å². The van der Waals surface area contributed by atoms with Gasteiger partial charge in [0, 0.05) is 13.0 Å². The highest BCUT2D eigenvalue weighted by molar-refractivity contribution is 7.89. The number of hydrogen-bond acceptors (Lipinski definition) is 7. The Hall–Kier alpha value is -3.04. The molecule has 0 atom stereocenters. The molecule has 0 aliphatic carbocycles. The van der Waals surface area contributed by atoms with Gasteiger partial charge in [-0.15, -0.1) is 0 Å². The molecule has 170 valence electrons. The Morgan fingerprint density at radius 3 is 2.28 bits per heavy atom. The SMILES string of the molecule is CCc1noc(COC(=O)c2ccc(CNS(=O)(=O)c3ccc(C(C)(C)C)cc3)cc2)n1. The molecule has 2 aromatic carbocycles. The van der Waals surface area contributed by atoms with E-state index in [9.17, 15) is 13.2 Å². The third kappa shape index (κ3) is 6.02. The zero-order valence-corrected chi connectivity index (χ0v) is 19.4. The number of aryl methyl sites for hydroxylation is 1. The van der Waals surface area contributed by atoms with E-state index < -0.39 is 16.0 Å². The average molecular weight is 458 g/mol. The highest BCUT2D eigenvalue weighted by atomic mass is 32.2. The van der Waals surface area contributed by atoms with Crippen molar-refractivity contribution >= 4 is 16.0 Å². The molecule has 0 spiro atoms. The molecule has 0 radical (unpaired) electrons. The number of nitrogens with zero attached hydrogens (tertiary/aromatic N) is 2. The largest absolute Gasteiger partial charge is 0.452 e. The lowest BCUT2D eigenvalue weighted by Gasteiger charge is -2.19. The highest BCUT2D eigenvalue weighted by Crippen LogP contribution is 2.23. The van der Waals surface area contributed by atoms with Gasteiger partial charge >= 0.3 is 5.97 Å². The number of ether oxygens (including phenoxy) is 1. The average Bonchev–Trinajstić information content (AvgIpc) is 3.24. The minimum Gasteiger partial charge on any atom is -0.452 e. The number of hydrogen-bond donors (Lipinski definition) is 1. The molecular weight excluding hydrogens is 430 g/mol. The molecule has 32 heavy (non-hydrogen) atoms. The summed E-state index contributed by atoms with van der Waals surface area (Å²) in [6.45, 7) is 8.09. The van der Waals surface area contributed by atoms with Crippen LogP contribution in [0.3, 0.4) is 0 Å². The van der Waals surface area contributed by atoms with Crippen molar-refractivity contribution < 1.29 is 22.5 Å². The molecule has 0 aliphatic rings. The quantitative estimate of drug-likeness (QED) is 0.513. The van der Waals surface area contributed by atoms with Gasteiger partial charge in [0.05, 0.1) is 10.5 Å². The first-order valence-electron chi connectivity index (χ1n) is 10.3. The van der Waals surface area contributed by atoms with Gasteiger partial charge in [-0.1, -0.05) is 57.1 Å². The molecule has 0 amide bonds. The lowest BCUT2D eigenvalue weighted by molar-refractivity contribution is 0.0430. The van der Waals surface area contributed by atoms with E-state index in [2.05, 4.69) is 35.6 Å². The van der Waals surface area contributed by atoms with Crippen molar-refractivity contribution in [1.29, 1.82) is 0 Å². The van der Waals surface area contributed by atoms with E-state index in [-0.39, 0.29) is 29.4 Å². The molecule has 0 saturated heterocycles. The van der Waals surface area contributed by atoms with Crippen LogP contribution >= 0.6 is 0 Å². The predicted octanol–water partition coefficient (Wildman–Crippen LogP) is 3.77. The van der Waals surface area contributed by atoms with Crippen molar-refractivity contribution in [2.75, 3.05) is 0 Å². The second kappa shape index (κ2) is 9.62. The first-order valence-corrected chi connectivity index (χ1v) is 11.7. The summed E-state index contributed by atoms with van der Waals surface area (Å²) < 4.78 is 37.9. The fourth-order valence-corrected chi connectivity index (χ4v) is 3.88. The second-order valence-electron chi connectivity index (χ2n) is 8.33. The summed E-state index contributed by atoms with van der Waals surface area (Å²) in [7, 11) is -3.65. The van der Waals surface area contributed by atoms with Gasteiger partial charge in [0.25, 0.3) is 5.89 Å². The van der Waals surface area contributed by atoms with Crippen LogP contribution in [0.1, 0.15) is 60.9 Å². The maximum atomic E-state index is 12.6. The van der Waals surface area contributed by atoms with Gasteiger partial charge in [-0.25, -0.2) is 17.9 Å². The van der Waals surface area contributed by atoms with Crippen molar-refractivity contribution in [2.24, 2.45) is 0 Å². The Labute approximate surface area is 188 Å². The summed E-state index contributed by atoms with van der Waals surface area (Å²) in [5.74, 6) is 0.247. The standard InChI is InChI=1S/C23H27N3O5S/c1-5-20-25-21(31-26-20)15-30-22(27)17-8-6-16(7-9-17)14-24-32(28,29)19-12-10-18(11-13-19)23(2,3)4/h6-13,24H,5,14-15H2,1-4H3. The van der Waals surface area contributed by atoms with E-state index in [1.807, 2.05) is 19.1 Å². The number of sulfonamides is 1. The van der Waals surface area contributed by atoms with E-state index in [4.69, 9.17) is 9.26 Å². The first kappa shape index (κ1) is 23.6. The van der Waals surface area contributed by atoms with Crippen LogP contribution in [0.5, 0.6) is 0 Å². The summed E-state index contributed by atoms with van der Waals surface area (Å²) in [5, 5.41) is 3.74. The zero-order chi connectivity index (χ0) is 23.4. The molecule has 0 aliphatic heterocycles. The number of nitrogens with one attached hydrogen (secondary N) is 1. The summed E-state index contributed by atoms with van der Waals surface area (Å²) in [4.78, 5) is 16.5. The Kier molecular flexibility index (Phi) is 7.10. The third-order valence-electron chi connectivity index (χ3n) is 4.84. The molecule has 9 heteroatoms. The molecular formula is C23H27N3O5S. The zero-order valence-electron chi connectivity index (χ0n) is 18.6. The van der Waals surface area contributed by atoms with Crippen LogP contribution in [-0.4, -0.2) is 24.5 Å². The van der Waals surface area contributed by atoms with Crippen LogP contribution in [0.4, 0.5) is 0 Å². The molecule has 1 heterocycles. The minimum atomic E-state index is -3.65. The number of carbonyl (C=O) groups excluding carboxylic acids is 1. The van der Waals surface area contributed by atoms with Crippen LogP contribution in [0.25, 0.3) is 0 Å². The Morgan fingerprint density at radius 1 is 1.06 bits per heavy atom. The molecule has 3 aromatic rings. The number of esters is 1. The number of rotatable bonds is 8. The summed E-state index contributed by atoms with van der Waals surface area (Å²) in [5.41, 5.74) is 2.05. The fourth-order valence-electron chi connectivity index (χ4n) is 2.86. The van der Waals surface area contributed by atoms with Gasteiger partial charge in [-0.05, 0) is 40.8 Å². The number of benzene rings is 2. The predicted molar refractivity (Wildman–Crippen MR) is 118 cm³/mol. The van der Waals surface area contributed by atoms with Crippen molar-refractivity contribution in [1.82, 2.24) is 14.9 Å². The van der Waals surface area contributed by atoms with Gasteiger partial charge in [0.2, 0.25) is 10.0 Å². The second-order valence-corrected chi connectivity index (χ2v) is 10.1. The monoisotopic (exact) mass is 457 g/mol. The van der Waals surface area contributed by atoms with Crippen LogP contribution in [0, 0.1) is 0 Å². The Balaban J connectivity index is 1.56. The lowest BCUT2D eigenvalue weighted by atomic mass is 9.87.